The van der Waals surface area contributed by atoms with Crippen LogP contribution in [-0.2, 0) is 4.79 Å². The first kappa shape index (κ1) is 11.5. The van der Waals surface area contributed by atoms with Gasteiger partial charge in [-0.15, -0.1) is 0 Å². The summed E-state index contributed by atoms with van der Waals surface area (Å²) in [7, 11) is 0. The molecule has 3 nitrogen and oxygen atoms in total. The predicted molar refractivity (Wildman–Crippen MR) is 57.9 cm³/mol. The molecule has 3 heteroatoms. The summed E-state index contributed by atoms with van der Waals surface area (Å²) in [5.74, 6) is 0.288. The van der Waals surface area contributed by atoms with Crippen LogP contribution in [0.1, 0.15) is 39.5 Å². The molecule has 0 atom stereocenters. The number of carbonyl (C=O) groups is 1. The molecule has 0 heterocycles. The smallest absolute Gasteiger partial charge is 0.230 e. The van der Waals surface area contributed by atoms with E-state index in [1.54, 1.807) is 0 Å². The Kier molecular flexibility index (Phi) is 3.93. The van der Waals surface area contributed by atoms with E-state index in [-0.39, 0.29) is 11.3 Å². The van der Waals surface area contributed by atoms with Gasteiger partial charge in [-0.1, -0.05) is 13.3 Å². The van der Waals surface area contributed by atoms with Gasteiger partial charge in [-0.3, -0.25) is 4.79 Å². The summed E-state index contributed by atoms with van der Waals surface area (Å²) in [6.07, 6.45) is 4.16. The molecule has 0 aromatic heterocycles. The molecular weight excluding hydrogens is 176 g/mol. The number of carbonyl (C=O) groups excluding carboxylic acids is 1. The van der Waals surface area contributed by atoms with E-state index in [1.807, 2.05) is 11.8 Å². The topological polar surface area (TPSA) is 46.3 Å². The maximum atomic E-state index is 12.1. The van der Waals surface area contributed by atoms with E-state index in [2.05, 4.69) is 6.92 Å². The Balaban J connectivity index is 2.60. The molecule has 1 aliphatic carbocycles. The Labute approximate surface area is 86.6 Å². The summed E-state index contributed by atoms with van der Waals surface area (Å²) in [6, 6.07) is 0. The Morgan fingerprint density at radius 3 is 2.36 bits per heavy atom. The zero-order chi connectivity index (χ0) is 10.6. The molecule has 1 rings (SSSR count). The largest absolute Gasteiger partial charge is 0.342 e. The second-order valence-electron chi connectivity index (χ2n) is 4.22. The molecule has 0 aromatic carbocycles. The average molecular weight is 198 g/mol. The summed E-state index contributed by atoms with van der Waals surface area (Å²) in [4.78, 5) is 14.1. The zero-order valence-corrected chi connectivity index (χ0v) is 9.38. The lowest BCUT2D eigenvalue weighted by Crippen LogP contribution is -2.52. The van der Waals surface area contributed by atoms with Crippen molar-refractivity contribution in [3.8, 4) is 0 Å². The van der Waals surface area contributed by atoms with E-state index in [4.69, 9.17) is 5.73 Å². The standard InChI is InChI=1S/C11H22N2O/c1-3-8-13(4-2)10(14)11(9-12)6-5-7-11/h3-9,12H2,1-2H3. The van der Waals surface area contributed by atoms with Crippen LogP contribution in [0.3, 0.4) is 0 Å². The fraction of sp³-hybridized carbons (Fsp3) is 0.909. The van der Waals surface area contributed by atoms with Gasteiger partial charge in [0, 0.05) is 19.6 Å². The minimum Gasteiger partial charge on any atom is -0.342 e. The summed E-state index contributed by atoms with van der Waals surface area (Å²) in [5.41, 5.74) is 5.52. The quantitative estimate of drug-likeness (QED) is 0.725. The third-order valence-electron chi connectivity index (χ3n) is 3.32. The average Bonchev–Trinajstić information content (AvgIpc) is 2.13. The van der Waals surface area contributed by atoms with Crippen LogP contribution in [0.4, 0.5) is 0 Å². The van der Waals surface area contributed by atoms with Gasteiger partial charge in [-0.05, 0) is 26.2 Å². The molecule has 2 N–H and O–H groups in total. The molecule has 1 saturated carbocycles. The number of nitrogens with two attached hydrogens (primary N) is 1. The maximum Gasteiger partial charge on any atom is 0.230 e. The van der Waals surface area contributed by atoms with Crippen molar-refractivity contribution in [1.29, 1.82) is 0 Å². The van der Waals surface area contributed by atoms with Crippen LogP contribution < -0.4 is 5.73 Å². The first-order valence-corrected chi connectivity index (χ1v) is 5.69. The molecule has 0 radical (unpaired) electrons. The minimum atomic E-state index is -0.189. The SMILES string of the molecule is CCCN(CC)C(=O)C1(CN)CCC1. The van der Waals surface area contributed by atoms with E-state index in [0.29, 0.717) is 6.54 Å². The highest BCUT2D eigenvalue weighted by atomic mass is 16.2. The van der Waals surface area contributed by atoms with Gasteiger partial charge >= 0.3 is 0 Å². The molecule has 1 amide bonds. The number of hydrogen-bond acceptors (Lipinski definition) is 2. The molecular formula is C11H22N2O. The first-order valence-electron chi connectivity index (χ1n) is 5.69. The monoisotopic (exact) mass is 198 g/mol. The predicted octanol–water partition coefficient (Wildman–Crippen LogP) is 1.37. The molecule has 0 spiro atoms. The van der Waals surface area contributed by atoms with Gasteiger partial charge in [0.25, 0.3) is 0 Å². The van der Waals surface area contributed by atoms with Crippen molar-refractivity contribution < 1.29 is 4.79 Å². The third-order valence-corrected chi connectivity index (χ3v) is 3.32. The normalized spacial score (nSPS) is 18.8. The van der Waals surface area contributed by atoms with E-state index < -0.39 is 0 Å². The number of hydrogen-bond donors (Lipinski definition) is 1. The van der Waals surface area contributed by atoms with Crippen molar-refractivity contribution in [1.82, 2.24) is 4.90 Å². The van der Waals surface area contributed by atoms with Crippen LogP contribution in [0, 0.1) is 5.41 Å². The van der Waals surface area contributed by atoms with Crippen LogP contribution in [-0.4, -0.2) is 30.4 Å². The summed E-state index contributed by atoms with van der Waals surface area (Å²) < 4.78 is 0. The van der Waals surface area contributed by atoms with Gasteiger partial charge in [0.2, 0.25) is 5.91 Å². The Morgan fingerprint density at radius 2 is 2.07 bits per heavy atom. The Hall–Kier alpha value is -0.570. The molecule has 0 aliphatic heterocycles. The Bertz CT molecular complexity index is 194. The van der Waals surface area contributed by atoms with E-state index in [9.17, 15) is 4.79 Å². The van der Waals surface area contributed by atoms with Gasteiger partial charge in [-0.2, -0.15) is 0 Å². The van der Waals surface area contributed by atoms with Crippen LogP contribution in [0.2, 0.25) is 0 Å². The molecule has 0 aromatic rings. The highest BCUT2D eigenvalue weighted by molar-refractivity contribution is 5.83. The second kappa shape index (κ2) is 4.78. The number of amides is 1. The van der Waals surface area contributed by atoms with Crippen molar-refractivity contribution in [3.63, 3.8) is 0 Å². The van der Waals surface area contributed by atoms with Crippen LogP contribution in [0.25, 0.3) is 0 Å². The van der Waals surface area contributed by atoms with Gasteiger partial charge < -0.3 is 10.6 Å². The third kappa shape index (κ3) is 1.92. The summed E-state index contributed by atoms with van der Waals surface area (Å²) >= 11 is 0. The van der Waals surface area contributed by atoms with Crippen molar-refractivity contribution in [2.45, 2.75) is 39.5 Å². The lowest BCUT2D eigenvalue weighted by molar-refractivity contribution is -0.146. The van der Waals surface area contributed by atoms with Gasteiger partial charge in [0.05, 0.1) is 5.41 Å². The first-order chi connectivity index (χ1) is 6.70. The van der Waals surface area contributed by atoms with Crippen molar-refractivity contribution in [2.75, 3.05) is 19.6 Å². The van der Waals surface area contributed by atoms with Gasteiger partial charge in [0.1, 0.15) is 0 Å². The highest BCUT2D eigenvalue weighted by Crippen LogP contribution is 2.41. The summed E-state index contributed by atoms with van der Waals surface area (Å²) in [6.45, 7) is 6.35. The van der Waals surface area contributed by atoms with Crippen LogP contribution in [0.15, 0.2) is 0 Å². The highest BCUT2D eigenvalue weighted by Gasteiger charge is 2.44. The molecule has 14 heavy (non-hydrogen) atoms. The molecule has 0 bridgehead atoms. The zero-order valence-electron chi connectivity index (χ0n) is 9.38. The molecule has 82 valence electrons. The lowest BCUT2D eigenvalue weighted by atomic mass is 9.68. The van der Waals surface area contributed by atoms with Crippen molar-refractivity contribution >= 4 is 5.91 Å². The molecule has 1 aliphatic rings. The molecule has 1 fully saturated rings. The maximum absolute atomic E-state index is 12.1. The van der Waals surface area contributed by atoms with Crippen LogP contribution >= 0.6 is 0 Å². The summed E-state index contributed by atoms with van der Waals surface area (Å²) in [5, 5.41) is 0. The fourth-order valence-electron chi connectivity index (χ4n) is 2.12. The van der Waals surface area contributed by atoms with Crippen LogP contribution in [0.5, 0.6) is 0 Å². The Morgan fingerprint density at radius 1 is 1.43 bits per heavy atom. The van der Waals surface area contributed by atoms with Gasteiger partial charge in [0.15, 0.2) is 0 Å². The second-order valence-corrected chi connectivity index (χ2v) is 4.22. The fourth-order valence-corrected chi connectivity index (χ4v) is 2.12. The van der Waals surface area contributed by atoms with E-state index in [1.165, 1.54) is 0 Å². The van der Waals surface area contributed by atoms with E-state index in [0.717, 1.165) is 38.8 Å². The van der Waals surface area contributed by atoms with E-state index >= 15 is 0 Å². The number of nitrogens with zero attached hydrogens (tertiary/aromatic N) is 1. The lowest BCUT2D eigenvalue weighted by Gasteiger charge is -2.42. The minimum absolute atomic E-state index is 0.189. The van der Waals surface area contributed by atoms with Crippen molar-refractivity contribution in [2.24, 2.45) is 11.1 Å². The molecule has 0 saturated heterocycles. The van der Waals surface area contributed by atoms with Crippen molar-refractivity contribution in [3.05, 3.63) is 0 Å². The molecule has 0 unspecified atom stereocenters. The van der Waals surface area contributed by atoms with Gasteiger partial charge in [-0.25, -0.2) is 0 Å². The number of rotatable bonds is 5.